The number of nitrogens with zero attached hydrogens (tertiary/aromatic N) is 3. The van der Waals surface area contributed by atoms with E-state index in [9.17, 15) is 0 Å². The summed E-state index contributed by atoms with van der Waals surface area (Å²) in [6.45, 7) is 0. The van der Waals surface area contributed by atoms with Gasteiger partial charge < -0.3 is 0 Å². The molecule has 1 aromatic heterocycles. The van der Waals surface area contributed by atoms with Crippen molar-refractivity contribution in [2.45, 2.75) is 0 Å². The van der Waals surface area contributed by atoms with Gasteiger partial charge in [-0.15, -0.1) is 0 Å². The number of rotatable bonds is 5. The van der Waals surface area contributed by atoms with Crippen LogP contribution in [0.3, 0.4) is 0 Å². The highest BCUT2D eigenvalue weighted by molar-refractivity contribution is 6.06. The molecular formula is C45H29N3. The molecule has 224 valence electrons. The predicted octanol–water partition coefficient (Wildman–Crippen LogP) is 11.7. The van der Waals surface area contributed by atoms with Crippen LogP contribution in [0.1, 0.15) is 0 Å². The summed E-state index contributed by atoms with van der Waals surface area (Å²) in [5.74, 6) is 1.94. The van der Waals surface area contributed by atoms with Gasteiger partial charge in [-0.25, -0.2) is 15.0 Å². The minimum absolute atomic E-state index is 0.642. The lowest BCUT2D eigenvalue weighted by molar-refractivity contribution is 1.08. The normalized spacial score (nSPS) is 11.3. The Morgan fingerprint density at radius 3 is 1.58 bits per heavy atom. The first-order chi connectivity index (χ1) is 23.8. The van der Waals surface area contributed by atoms with Gasteiger partial charge in [-0.1, -0.05) is 164 Å². The van der Waals surface area contributed by atoms with Gasteiger partial charge in [0.1, 0.15) is 0 Å². The van der Waals surface area contributed by atoms with E-state index in [0.717, 1.165) is 44.0 Å². The van der Waals surface area contributed by atoms with Crippen molar-refractivity contribution in [3.05, 3.63) is 176 Å². The van der Waals surface area contributed by atoms with Crippen molar-refractivity contribution in [2.24, 2.45) is 0 Å². The van der Waals surface area contributed by atoms with E-state index in [2.05, 4.69) is 158 Å². The van der Waals surface area contributed by atoms with Crippen LogP contribution in [0.5, 0.6) is 0 Å². The van der Waals surface area contributed by atoms with Gasteiger partial charge in [-0.3, -0.25) is 0 Å². The third kappa shape index (κ3) is 4.99. The molecule has 9 rings (SSSR count). The Kier molecular flexibility index (Phi) is 6.80. The predicted molar refractivity (Wildman–Crippen MR) is 200 cm³/mol. The largest absolute Gasteiger partial charge is 0.208 e. The summed E-state index contributed by atoms with van der Waals surface area (Å²) in [5.41, 5.74) is 7.54. The third-order valence-corrected chi connectivity index (χ3v) is 9.10. The maximum atomic E-state index is 5.21. The van der Waals surface area contributed by atoms with Crippen molar-refractivity contribution in [1.29, 1.82) is 0 Å². The van der Waals surface area contributed by atoms with E-state index in [1.54, 1.807) is 0 Å². The Bertz CT molecular complexity index is 2600. The molecule has 9 aromatic rings. The molecule has 0 aliphatic heterocycles. The maximum absolute atomic E-state index is 5.21. The van der Waals surface area contributed by atoms with Crippen molar-refractivity contribution < 1.29 is 0 Å². The first-order valence-corrected chi connectivity index (χ1v) is 16.2. The Morgan fingerprint density at radius 2 is 0.812 bits per heavy atom. The fraction of sp³-hybridized carbons (Fsp3) is 0. The fourth-order valence-electron chi connectivity index (χ4n) is 6.75. The molecule has 0 bridgehead atoms. The standard InChI is InChI=1S/C45H29N3/c1-3-13-31(14-4-1)39-22-10-19-33-20-11-23-40(42(33)39)45-47-43(34-15-5-2-6-16-34)46-44(48-45)37-27-25-32-18-9-21-38(41(32)29-37)36-26-24-30-12-7-8-17-35(30)28-36/h1-29H. The average Bonchev–Trinajstić information content (AvgIpc) is 3.17. The lowest BCUT2D eigenvalue weighted by Gasteiger charge is -2.14. The van der Waals surface area contributed by atoms with E-state index in [1.807, 2.05) is 18.2 Å². The van der Waals surface area contributed by atoms with Crippen molar-refractivity contribution in [3.63, 3.8) is 0 Å². The van der Waals surface area contributed by atoms with Crippen molar-refractivity contribution in [1.82, 2.24) is 15.0 Å². The van der Waals surface area contributed by atoms with E-state index in [4.69, 9.17) is 15.0 Å². The monoisotopic (exact) mass is 611 g/mol. The van der Waals surface area contributed by atoms with Gasteiger partial charge in [0.2, 0.25) is 0 Å². The molecule has 48 heavy (non-hydrogen) atoms. The molecule has 0 saturated carbocycles. The van der Waals surface area contributed by atoms with E-state index >= 15 is 0 Å². The van der Waals surface area contributed by atoms with Gasteiger partial charge in [-0.05, 0) is 61.3 Å². The molecular weight excluding hydrogens is 583 g/mol. The van der Waals surface area contributed by atoms with Gasteiger partial charge >= 0.3 is 0 Å². The van der Waals surface area contributed by atoms with Gasteiger partial charge in [0.25, 0.3) is 0 Å². The zero-order chi connectivity index (χ0) is 31.9. The fourth-order valence-corrected chi connectivity index (χ4v) is 6.75. The molecule has 0 amide bonds. The Hall–Kier alpha value is -6.45. The second kappa shape index (κ2) is 11.7. The van der Waals surface area contributed by atoms with E-state index in [1.165, 1.54) is 27.3 Å². The second-order valence-corrected chi connectivity index (χ2v) is 12.1. The summed E-state index contributed by atoms with van der Waals surface area (Å²) in [4.78, 5) is 15.4. The van der Waals surface area contributed by atoms with Crippen LogP contribution >= 0.6 is 0 Å². The summed E-state index contributed by atoms with van der Waals surface area (Å²) in [6, 6.07) is 61.7. The van der Waals surface area contributed by atoms with Gasteiger partial charge in [0, 0.05) is 22.1 Å². The molecule has 0 radical (unpaired) electrons. The van der Waals surface area contributed by atoms with Gasteiger partial charge in [0.05, 0.1) is 0 Å². The van der Waals surface area contributed by atoms with Gasteiger partial charge in [-0.2, -0.15) is 0 Å². The molecule has 3 nitrogen and oxygen atoms in total. The van der Waals surface area contributed by atoms with Crippen LogP contribution in [0, 0.1) is 0 Å². The lowest BCUT2D eigenvalue weighted by Crippen LogP contribution is -2.01. The SMILES string of the molecule is c1ccc(-c2nc(-c3ccc4cccc(-c5ccc6ccccc6c5)c4c3)nc(-c3cccc4cccc(-c5ccccc5)c34)n2)cc1. The molecule has 0 N–H and O–H groups in total. The first-order valence-electron chi connectivity index (χ1n) is 16.2. The Balaban J connectivity index is 1.26. The van der Waals surface area contributed by atoms with Crippen LogP contribution in [0.25, 0.3) is 88.7 Å². The van der Waals surface area contributed by atoms with Crippen LogP contribution < -0.4 is 0 Å². The van der Waals surface area contributed by atoms with Crippen molar-refractivity contribution in [3.8, 4) is 56.4 Å². The number of hydrogen-bond donors (Lipinski definition) is 0. The smallest absolute Gasteiger partial charge is 0.164 e. The molecule has 0 spiro atoms. The van der Waals surface area contributed by atoms with Crippen molar-refractivity contribution in [2.75, 3.05) is 0 Å². The van der Waals surface area contributed by atoms with Crippen LogP contribution in [0.4, 0.5) is 0 Å². The third-order valence-electron chi connectivity index (χ3n) is 9.10. The highest BCUT2D eigenvalue weighted by Gasteiger charge is 2.17. The quantitative estimate of drug-likeness (QED) is 0.194. The summed E-state index contributed by atoms with van der Waals surface area (Å²) >= 11 is 0. The molecule has 0 fully saturated rings. The van der Waals surface area contributed by atoms with E-state index in [0.29, 0.717) is 17.5 Å². The van der Waals surface area contributed by atoms with Crippen molar-refractivity contribution >= 4 is 32.3 Å². The average molecular weight is 612 g/mol. The molecule has 0 unspecified atom stereocenters. The Labute approximate surface area is 278 Å². The van der Waals surface area contributed by atoms with Crippen LogP contribution in [0.2, 0.25) is 0 Å². The minimum Gasteiger partial charge on any atom is -0.208 e. The zero-order valence-corrected chi connectivity index (χ0v) is 26.1. The summed E-state index contributed by atoms with van der Waals surface area (Å²) in [5, 5.41) is 7.05. The number of benzene rings is 8. The minimum atomic E-state index is 0.642. The van der Waals surface area contributed by atoms with Crippen LogP contribution in [-0.4, -0.2) is 15.0 Å². The highest BCUT2D eigenvalue weighted by Crippen LogP contribution is 2.37. The Morgan fingerprint density at radius 1 is 0.271 bits per heavy atom. The summed E-state index contributed by atoms with van der Waals surface area (Å²) in [7, 11) is 0. The molecule has 0 saturated heterocycles. The highest BCUT2D eigenvalue weighted by atomic mass is 15.0. The number of hydrogen-bond acceptors (Lipinski definition) is 3. The summed E-state index contributed by atoms with van der Waals surface area (Å²) in [6.07, 6.45) is 0. The summed E-state index contributed by atoms with van der Waals surface area (Å²) < 4.78 is 0. The number of aromatic nitrogens is 3. The molecule has 8 aromatic carbocycles. The zero-order valence-electron chi connectivity index (χ0n) is 26.1. The van der Waals surface area contributed by atoms with Crippen LogP contribution in [0.15, 0.2) is 176 Å². The molecule has 0 aliphatic rings. The second-order valence-electron chi connectivity index (χ2n) is 12.1. The maximum Gasteiger partial charge on any atom is 0.164 e. The number of fused-ring (bicyclic) bond motifs is 3. The van der Waals surface area contributed by atoms with E-state index in [-0.39, 0.29) is 0 Å². The first kappa shape index (κ1) is 27.8. The topological polar surface area (TPSA) is 38.7 Å². The molecule has 1 heterocycles. The van der Waals surface area contributed by atoms with Crippen LogP contribution in [-0.2, 0) is 0 Å². The molecule has 3 heteroatoms. The van der Waals surface area contributed by atoms with Gasteiger partial charge in [0.15, 0.2) is 17.5 Å². The lowest BCUT2D eigenvalue weighted by atomic mass is 9.94. The molecule has 0 atom stereocenters. The molecule has 0 aliphatic carbocycles. The van der Waals surface area contributed by atoms with E-state index < -0.39 is 0 Å².